The van der Waals surface area contributed by atoms with Crippen molar-refractivity contribution in [1.82, 2.24) is 15.1 Å². The van der Waals surface area contributed by atoms with Gasteiger partial charge in [0, 0.05) is 12.1 Å². The van der Waals surface area contributed by atoms with E-state index in [2.05, 4.69) is 31.2 Å². The van der Waals surface area contributed by atoms with E-state index in [4.69, 9.17) is 4.74 Å². The number of nitrogens with zero attached hydrogens (tertiary/aromatic N) is 2. The number of nitrogens with one attached hydrogen (secondary N) is 1. The lowest BCUT2D eigenvalue weighted by Gasteiger charge is -2.10. The van der Waals surface area contributed by atoms with Gasteiger partial charge >= 0.3 is 0 Å². The van der Waals surface area contributed by atoms with Crippen LogP contribution in [0.3, 0.4) is 0 Å². The van der Waals surface area contributed by atoms with Crippen LogP contribution in [-0.4, -0.2) is 29.5 Å². The van der Waals surface area contributed by atoms with E-state index in [0.29, 0.717) is 18.7 Å². The Labute approximate surface area is 85.3 Å². The van der Waals surface area contributed by atoms with Gasteiger partial charge in [0.05, 0.1) is 12.4 Å². The molecule has 1 atom stereocenters. The summed E-state index contributed by atoms with van der Waals surface area (Å²) in [5.41, 5.74) is 0. The van der Waals surface area contributed by atoms with Crippen molar-refractivity contribution >= 4 is 0 Å². The third kappa shape index (κ3) is 3.03. The topological polar surface area (TPSA) is 39.1 Å². The summed E-state index contributed by atoms with van der Waals surface area (Å²) in [6.07, 6.45) is 3.68. The van der Waals surface area contributed by atoms with Gasteiger partial charge in [-0.2, -0.15) is 5.10 Å². The van der Waals surface area contributed by atoms with E-state index in [1.165, 1.54) is 0 Å². The van der Waals surface area contributed by atoms with Crippen LogP contribution in [0.2, 0.25) is 0 Å². The van der Waals surface area contributed by atoms with Crippen LogP contribution >= 0.6 is 0 Å². The first-order valence-electron chi connectivity index (χ1n) is 4.97. The number of aromatic nitrogens is 2. The van der Waals surface area contributed by atoms with Crippen molar-refractivity contribution in [1.29, 1.82) is 0 Å². The molecule has 0 aliphatic rings. The van der Waals surface area contributed by atoms with Crippen LogP contribution in [0.1, 0.15) is 26.8 Å². The van der Waals surface area contributed by atoms with Crippen LogP contribution in [0.4, 0.5) is 0 Å². The molecule has 1 N–H and O–H groups in total. The minimum atomic E-state index is 0.359. The van der Waals surface area contributed by atoms with E-state index in [-0.39, 0.29) is 0 Å². The van der Waals surface area contributed by atoms with Crippen molar-refractivity contribution in [3.8, 4) is 5.75 Å². The standard InChI is InChI=1S/C10H19N3O/c1-8(2)13-6-10(5-12-13)14-7-9(3)11-4/h5-6,8-9,11H,7H2,1-4H3. The summed E-state index contributed by atoms with van der Waals surface area (Å²) < 4.78 is 7.43. The van der Waals surface area contributed by atoms with Crippen LogP contribution in [-0.2, 0) is 0 Å². The summed E-state index contributed by atoms with van der Waals surface area (Å²) in [6.45, 7) is 6.92. The fourth-order valence-electron chi connectivity index (χ4n) is 0.982. The first-order chi connectivity index (χ1) is 6.63. The summed E-state index contributed by atoms with van der Waals surface area (Å²) in [5.74, 6) is 0.834. The number of hydrogen-bond acceptors (Lipinski definition) is 3. The van der Waals surface area contributed by atoms with Gasteiger partial charge in [-0.25, -0.2) is 0 Å². The zero-order valence-electron chi connectivity index (χ0n) is 9.32. The first kappa shape index (κ1) is 11.0. The molecule has 0 aliphatic carbocycles. The van der Waals surface area contributed by atoms with Crippen LogP contribution < -0.4 is 10.1 Å². The predicted molar refractivity (Wildman–Crippen MR) is 56.6 cm³/mol. The lowest BCUT2D eigenvalue weighted by Crippen LogP contribution is -2.28. The Balaban J connectivity index is 2.44. The molecule has 1 unspecified atom stereocenters. The highest BCUT2D eigenvalue weighted by Crippen LogP contribution is 2.12. The molecule has 1 aromatic rings. The molecule has 0 fully saturated rings. The van der Waals surface area contributed by atoms with Gasteiger partial charge in [-0.3, -0.25) is 4.68 Å². The first-order valence-corrected chi connectivity index (χ1v) is 4.97. The molecule has 0 bridgehead atoms. The Morgan fingerprint density at radius 1 is 1.50 bits per heavy atom. The van der Waals surface area contributed by atoms with Crippen LogP contribution in [0.15, 0.2) is 12.4 Å². The fraction of sp³-hybridized carbons (Fsp3) is 0.700. The molecule has 0 saturated carbocycles. The maximum atomic E-state index is 5.54. The van der Waals surface area contributed by atoms with Crippen molar-refractivity contribution in [2.45, 2.75) is 32.9 Å². The summed E-state index contributed by atoms with van der Waals surface area (Å²) in [6, 6.07) is 0.742. The second-order valence-corrected chi connectivity index (χ2v) is 3.75. The van der Waals surface area contributed by atoms with Gasteiger partial charge in [0.25, 0.3) is 0 Å². The van der Waals surface area contributed by atoms with E-state index in [0.717, 1.165) is 5.75 Å². The van der Waals surface area contributed by atoms with Gasteiger partial charge in [0.2, 0.25) is 0 Å². The SMILES string of the molecule is CNC(C)COc1cnn(C(C)C)c1. The molecule has 14 heavy (non-hydrogen) atoms. The Hall–Kier alpha value is -1.03. The molecule has 4 nitrogen and oxygen atoms in total. The average Bonchev–Trinajstić information content (AvgIpc) is 2.62. The number of rotatable bonds is 5. The number of ether oxygens (including phenoxy) is 1. The molecule has 0 spiro atoms. The largest absolute Gasteiger partial charge is 0.489 e. The van der Waals surface area contributed by atoms with Crippen molar-refractivity contribution in [3.05, 3.63) is 12.4 Å². The van der Waals surface area contributed by atoms with Crippen LogP contribution in [0.5, 0.6) is 5.75 Å². The lowest BCUT2D eigenvalue weighted by molar-refractivity contribution is 0.279. The highest BCUT2D eigenvalue weighted by atomic mass is 16.5. The van der Waals surface area contributed by atoms with Crippen molar-refractivity contribution in [2.75, 3.05) is 13.7 Å². The minimum Gasteiger partial charge on any atom is -0.489 e. The zero-order chi connectivity index (χ0) is 10.6. The second kappa shape index (κ2) is 5.00. The second-order valence-electron chi connectivity index (χ2n) is 3.75. The molecular weight excluding hydrogens is 178 g/mol. The molecule has 0 radical (unpaired) electrons. The Bertz CT molecular complexity index is 270. The fourth-order valence-corrected chi connectivity index (χ4v) is 0.982. The normalized spacial score (nSPS) is 13.2. The van der Waals surface area contributed by atoms with Gasteiger partial charge in [-0.05, 0) is 27.8 Å². The molecule has 4 heteroatoms. The Kier molecular flexibility index (Phi) is 3.95. The van der Waals surface area contributed by atoms with Crippen molar-refractivity contribution < 1.29 is 4.74 Å². The van der Waals surface area contributed by atoms with E-state index < -0.39 is 0 Å². The maximum Gasteiger partial charge on any atom is 0.157 e. The monoisotopic (exact) mass is 197 g/mol. The lowest BCUT2D eigenvalue weighted by atomic mass is 10.4. The summed E-state index contributed by atoms with van der Waals surface area (Å²) in [5, 5.41) is 7.30. The molecule has 1 aromatic heterocycles. The quantitative estimate of drug-likeness (QED) is 0.776. The molecule has 80 valence electrons. The van der Waals surface area contributed by atoms with E-state index >= 15 is 0 Å². The van der Waals surface area contributed by atoms with Crippen molar-refractivity contribution in [2.24, 2.45) is 0 Å². The van der Waals surface area contributed by atoms with Gasteiger partial charge < -0.3 is 10.1 Å². The molecule has 0 aromatic carbocycles. The molecule has 0 saturated heterocycles. The summed E-state index contributed by atoms with van der Waals surface area (Å²) in [7, 11) is 1.92. The molecular formula is C10H19N3O. The van der Waals surface area contributed by atoms with Crippen LogP contribution in [0, 0.1) is 0 Å². The van der Waals surface area contributed by atoms with Gasteiger partial charge in [-0.15, -0.1) is 0 Å². The highest BCUT2D eigenvalue weighted by molar-refractivity contribution is 5.12. The molecule has 1 rings (SSSR count). The summed E-state index contributed by atoms with van der Waals surface area (Å²) >= 11 is 0. The Morgan fingerprint density at radius 2 is 2.21 bits per heavy atom. The zero-order valence-corrected chi connectivity index (χ0v) is 9.32. The third-order valence-electron chi connectivity index (χ3n) is 2.10. The van der Waals surface area contributed by atoms with E-state index in [1.54, 1.807) is 6.20 Å². The minimum absolute atomic E-state index is 0.359. The molecule has 0 aliphatic heterocycles. The predicted octanol–water partition coefficient (Wildman–Crippen LogP) is 1.45. The molecule has 1 heterocycles. The van der Waals surface area contributed by atoms with Crippen LogP contribution in [0.25, 0.3) is 0 Å². The summed E-state index contributed by atoms with van der Waals surface area (Å²) in [4.78, 5) is 0. The van der Waals surface area contributed by atoms with E-state index in [1.807, 2.05) is 17.9 Å². The Morgan fingerprint density at radius 3 is 2.71 bits per heavy atom. The smallest absolute Gasteiger partial charge is 0.157 e. The maximum absolute atomic E-state index is 5.54. The highest BCUT2D eigenvalue weighted by Gasteiger charge is 2.04. The number of likely N-dealkylation sites (N-methyl/N-ethyl adjacent to an activating group) is 1. The van der Waals surface area contributed by atoms with Crippen molar-refractivity contribution in [3.63, 3.8) is 0 Å². The molecule has 0 amide bonds. The van der Waals surface area contributed by atoms with Gasteiger partial charge in [0.1, 0.15) is 6.61 Å². The average molecular weight is 197 g/mol. The third-order valence-corrected chi connectivity index (χ3v) is 2.10. The number of hydrogen-bond donors (Lipinski definition) is 1. The van der Waals surface area contributed by atoms with E-state index in [9.17, 15) is 0 Å². The van der Waals surface area contributed by atoms with Gasteiger partial charge in [0.15, 0.2) is 5.75 Å². The van der Waals surface area contributed by atoms with Gasteiger partial charge in [-0.1, -0.05) is 0 Å².